The molecule has 0 fully saturated rings. The number of nitrogens with zero attached hydrogens (tertiary/aromatic N) is 2. The third-order valence-electron chi connectivity index (χ3n) is 9.82. The number of carbonyl (C=O) groups is 4. The fraction of sp³-hybridized carbons (Fsp3) is 0.378. The predicted molar refractivity (Wildman–Crippen MR) is 229 cm³/mol. The Bertz CT molecular complexity index is 1990. The zero-order valence-corrected chi connectivity index (χ0v) is 34.3. The van der Waals surface area contributed by atoms with E-state index in [1.165, 1.54) is 74.7 Å². The number of aromatic nitrogens is 3. The molecule has 0 aliphatic rings. The van der Waals surface area contributed by atoms with Crippen molar-refractivity contribution >= 4 is 40.1 Å². The van der Waals surface area contributed by atoms with Crippen molar-refractivity contribution in [1.82, 2.24) is 30.9 Å². The van der Waals surface area contributed by atoms with Crippen LogP contribution in [0.2, 0.25) is 0 Å². The van der Waals surface area contributed by atoms with Crippen molar-refractivity contribution in [2.75, 3.05) is 11.9 Å². The zero-order valence-electron chi connectivity index (χ0n) is 33.5. The molecule has 0 aliphatic heterocycles. The average Bonchev–Trinajstić information content (AvgIpc) is 3.97. The van der Waals surface area contributed by atoms with E-state index in [4.69, 9.17) is 4.74 Å². The largest absolute Gasteiger partial charge is 0.508 e. The average molecular weight is 822 g/mol. The molecule has 0 saturated carbocycles. The highest BCUT2D eigenvalue weighted by Crippen LogP contribution is 2.17. The van der Waals surface area contributed by atoms with Gasteiger partial charge in [0.2, 0.25) is 17.7 Å². The maximum Gasteiger partial charge on any atom is 0.251 e. The topological polar surface area (TPSA) is 187 Å². The van der Waals surface area contributed by atoms with Crippen LogP contribution in [0.25, 0.3) is 0 Å². The number of nitrogens with one attached hydrogen (secondary N) is 5. The van der Waals surface area contributed by atoms with Gasteiger partial charge in [-0.1, -0.05) is 101 Å². The number of rotatable bonds is 25. The lowest BCUT2D eigenvalue weighted by Crippen LogP contribution is -2.57. The van der Waals surface area contributed by atoms with Gasteiger partial charge < -0.3 is 36.1 Å². The highest BCUT2D eigenvalue weighted by Gasteiger charge is 2.31. The molecule has 0 bridgehead atoms. The number of unbranched alkanes of at least 4 members (excludes halogenated alkanes) is 8. The third-order valence-corrected chi connectivity index (χ3v) is 10.5. The number of benzene rings is 3. The normalized spacial score (nSPS) is 12.5. The van der Waals surface area contributed by atoms with E-state index in [1.54, 1.807) is 54.2 Å². The molecule has 3 atom stereocenters. The maximum atomic E-state index is 14.2. The number of ether oxygens (including phenoxy) is 1. The summed E-state index contributed by atoms with van der Waals surface area (Å²) in [5.74, 6) is -1.51. The van der Waals surface area contributed by atoms with Gasteiger partial charge in [0.1, 0.15) is 29.6 Å². The Morgan fingerprint density at radius 3 is 1.93 bits per heavy atom. The minimum atomic E-state index is -1.18. The van der Waals surface area contributed by atoms with E-state index in [-0.39, 0.29) is 25.0 Å². The number of aromatic hydroxyl groups is 1. The van der Waals surface area contributed by atoms with Crippen LogP contribution in [0.1, 0.15) is 91.9 Å². The number of thiazole rings is 1. The molecule has 0 aliphatic carbocycles. The van der Waals surface area contributed by atoms with Crippen LogP contribution in [0.15, 0.2) is 103 Å². The monoisotopic (exact) mass is 821 g/mol. The number of hydrogen-bond acceptors (Lipinski definition) is 9. The van der Waals surface area contributed by atoms with Crippen molar-refractivity contribution in [3.63, 3.8) is 0 Å². The third kappa shape index (κ3) is 15.3. The lowest BCUT2D eigenvalue weighted by atomic mass is 10.0. The molecule has 0 spiro atoms. The zero-order chi connectivity index (χ0) is 41.7. The summed E-state index contributed by atoms with van der Waals surface area (Å²) in [6.07, 6.45) is 15.9. The number of anilines is 1. The van der Waals surface area contributed by atoms with E-state index < -0.39 is 41.8 Å². The number of hydrogen-bond donors (Lipinski definition) is 6. The standard InChI is InChI=1S/C45H55N7O6S/c1-2-3-4-5-6-7-8-9-13-25-58-37-22-18-34(19-23-37)41(54)49-40(29-35-30-46-31-48-35)43(56)50-38(28-33-16-20-36(53)21-17-33)42(55)51-39(27-32-14-11-10-12-15-32)44(57)52-45-47-24-26-59-45/h10-12,14-24,26,30-31,38-40,53H,2-9,13,25,27-29H2,1H3,(H,46,48)(H,49,54)(H,50,56)(H,51,55)(H,47,52,57)/t38-,39-,40-/m0/s1. The van der Waals surface area contributed by atoms with Gasteiger partial charge in [0, 0.05) is 48.3 Å². The molecule has 4 amide bonds. The fourth-order valence-corrected chi connectivity index (χ4v) is 7.06. The van der Waals surface area contributed by atoms with E-state index in [2.05, 4.69) is 43.1 Å². The van der Waals surface area contributed by atoms with Crippen LogP contribution in [0.3, 0.4) is 0 Å². The predicted octanol–water partition coefficient (Wildman–Crippen LogP) is 6.92. The first kappa shape index (κ1) is 44.1. The molecule has 312 valence electrons. The van der Waals surface area contributed by atoms with Crippen molar-refractivity contribution in [3.05, 3.63) is 125 Å². The van der Waals surface area contributed by atoms with Crippen molar-refractivity contribution in [2.24, 2.45) is 0 Å². The first-order chi connectivity index (χ1) is 28.8. The highest BCUT2D eigenvalue weighted by molar-refractivity contribution is 7.13. The molecule has 0 saturated heterocycles. The van der Waals surface area contributed by atoms with Gasteiger partial charge in [0.25, 0.3) is 5.91 Å². The quantitative estimate of drug-likeness (QED) is 0.0343. The second-order valence-corrected chi connectivity index (χ2v) is 15.4. The molecule has 0 radical (unpaired) electrons. The molecule has 5 rings (SSSR count). The number of phenolic OH excluding ortho intramolecular Hbond substituents is 1. The lowest BCUT2D eigenvalue weighted by molar-refractivity contribution is -0.131. The smallest absolute Gasteiger partial charge is 0.251 e. The number of H-pyrrole nitrogens is 1. The van der Waals surface area contributed by atoms with E-state index in [1.807, 2.05) is 30.3 Å². The van der Waals surface area contributed by atoms with Gasteiger partial charge in [-0.25, -0.2) is 9.97 Å². The van der Waals surface area contributed by atoms with Gasteiger partial charge in [0.05, 0.1) is 12.9 Å². The molecule has 0 unspecified atom stereocenters. The summed E-state index contributed by atoms with van der Waals surface area (Å²) < 4.78 is 5.93. The van der Waals surface area contributed by atoms with Crippen LogP contribution in [0.5, 0.6) is 11.5 Å². The Morgan fingerprint density at radius 1 is 0.712 bits per heavy atom. The van der Waals surface area contributed by atoms with E-state index >= 15 is 0 Å². The van der Waals surface area contributed by atoms with Crippen LogP contribution in [-0.2, 0) is 33.6 Å². The molecule has 6 N–H and O–H groups in total. The molecular formula is C45H55N7O6S. The van der Waals surface area contributed by atoms with Gasteiger partial charge >= 0.3 is 0 Å². The van der Waals surface area contributed by atoms with Crippen LogP contribution in [0, 0.1) is 0 Å². The highest BCUT2D eigenvalue weighted by atomic mass is 32.1. The minimum absolute atomic E-state index is 0.0231. The molecule has 5 aromatic rings. The number of carbonyl (C=O) groups excluding carboxylic acids is 4. The summed E-state index contributed by atoms with van der Waals surface area (Å²) in [6, 6.07) is 19.0. The van der Waals surface area contributed by atoms with Crippen LogP contribution in [-0.4, -0.2) is 68.4 Å². The summed E-state index contributed by atoms with van der Waals surface area (Å²) in [6.45, 7) is 2.82. The van der Waals surface area contributed by atoms with Crippen LogP contribution >= 0.6 is 11.3 Å². The summed E-state index contributed by atoms with van der Waals surface area (Å²) in [4.78, 5) is 66.7. The molecule has 2 aromatic heterocycles. The number of phenols is 1. The molecular weight excluding hydrogens is 767 g/mol. The minimum Gasteiger partial charge on any atom is -0.508 e. The lowest BCUT2D eigenvalue weighted by Gasteiger charge is -2.25. The maximum absolute atomic E-state index is 14.2. The first-order valence-electron chi connectivity index (χ1n) is 20.4. The molecule has 13 nitrogen and oxygen atoms in total. The summed E-state index contributed by atoms with van der Waals surface area (Å²) >= 11 is 1.25. The summed E-state index contributed by atoms with van der Waals surface area (Å²) in [5.41, 5.74) is 2.37. The van der Waals surface area contributed by atoms with Gasteiger partial charge in [-0.15, -0.1) is 11.3 Å². The second-order valence-electron chi connectivity index (χ2n) is 14.5. The van der Waals surface area contributed by atoms with Crippen molar-refractivity contribution < 1.29 is 29.0 Å². The van der Waals surface area contributed by atoms with Crippen LogP contribution < -0.4 is 26.0 Å². The fourth-order valence-electron chi connectivity index (χ4n) is 6.53. The van der Waals surface area contributed by atoms with Crippen molar-refractivity contribution in [2.45, 2.75) is 102 Å². The Morgan fingerprint density at radius 2 is 1.32 bits per heavy atom. The summed E-state index contributed by atoms with van der Waals surface area (Å²) in [7, 11) is 0. The molecule has 14 heteroatoms. The van der Waals surface area contributed by atoms with Gasteiger partial charge in [0.15, 0.2) is 5.13 Å². The Labute approximate surface area is 349 Å². The van der Waals surface area contributed by atoms with Gasteiger partial charge in [-0.2, -0.15) is 0 Å². The summed E-state index contributed by atoms with van der Waals surface area (Å²) in [5, 5.41) is 23.3. The molecule has 59 heavy (non-hydrogen) atoms. The first-order valence-corrected chi connectivity index (χ1v) is 21.3. The Balaban J connectivity index is 1.25. The van der Waals surface area contributed by atoms with E-state index in [9.17, 15) is 24.3 Å². The number of imidazole rings is 1. The molecule has 2 heterocycles. The SMILES string of the molecule is CCCCCCCCCCCOc1ccc(C(=O)N[C@@H](Cc2cnc[nH]2)C(=O)N[C@@H](Cc2ccc(O)cc2)C(=O)N[C@@H](Cc2ccccc2)C(=O)Nc2nccs2)cc1. The van der Waals surface area contributed by atoms with Gasteiger partial charge in [-0.05, 0) is 53.9 Å². The second kappa shape index (κ2) is 24.0. The van der Waals surface area contributed by atoms with Crippen molar-refractivity contribution in [1.29, 1.82) is 0 Å². The number of amides is 4. The van der Waals surface area contributed by atoms with E-state index in [0.717, 1.165) is 18.4 Å². The Hall–Kier alpha value is -6.02. The number of aromatic amines is 1. The van der Waals surface area contributed by atoms with Gasteiger partial charge in [-0.3, -0.25) is 19.2 Å². The Kier molecular flexibility index (Phi) is 18.0. The van der Waals surface area contributed by atoms with Crippen molar-refractivity contribution in [3.8, 4) is 11.5 Å². The molecule has 3 aromatic carbocycles. The van der Waals surface area contributed by atoms with E-state index in [0.29, 0.717) is 34.3 Å². The van der Waals surface area contributed by atoms with Crippen LogP contribution in [0.4, 0.5) is 5.13 Å².